The van der Waals surface area contributed by atoms with Crippen molar-refractivity contribution < 1.29 is 4.74 Å². The van der Waals surface area contributed by atoms with Crippen molar-refractivity contribution in [3.8, 4) is 5.75 Å². The molecular weight excluding hydrogens is 240 g/mol. The molecule has 102 valence electrons. The van der Waals surface area contributed by atoms with Crippen LogP contribution < -0.4 is 10.1 Å². The van der Waals surface area contributed by atoms with E-state index in [1.807, 2.05) is 36.7 Å². The van der Waals surface area contributed by atoms with Crippen LogP contribution in [0.25, 0.3) is 0 Å². The van der Waals surface area contributed by atoms with Crippen molar-refractivity contribution in [3.05, 3.63) is 41.5 Å². The van der Waals surface area contributed by atoms with Crippen LogP contribution in [0.3, 0.4) is 0 Å². The number of nitrogens with zero attached hydrogens (tertiary/aromatic N) is 3. The van der Waals surface area contributed by atoms with Gasteiger partial charge in [-0.1, -0.05) is 12.1 Å². The molecule has 1 N–H and O–H groups in total. The molecule has 2 rings (SSSR count). The maximum Gasteiger partial charge on any atom is 0.146 e. The first kappa shape index (κ1) is 13.5. The van der Waals surface area contributed by atoms with Crippen molar-refractivity contribution in [2.45, 2.75) is 26.4 Å². The predicted molar refractivity (Wildman–Crippen MR) is 74.0 cm³/mol. The van der Waals surface area contributed by atoms with Gasteiger partial charge >= 0.3 is 0 Å². The van der Waals surface area contributed by atoms with E-state index < -0.39 is 0 Å². The molecule has 0 aliphatic carbocycles. The van der Waals surface area contributed by atoms with Gasteiger partial charge in [-0.15, -0.1) is 10.2 Å². The van der Waals surface area contributed by atoms with Crippen LogP contribution in [-0.2, 0) is 13.6 Å². The Kier molecular flexibility index (Phi) is 4.16. The summed E-state index contributed by atoms with van der Waals surface area (Å²) in [5, 5.41) is 11.6. The molecule has 0 amide bonds. The van der Waals surface area contributed by atoms with Crippen LogP contribution in [0.4, 0.5) is 0 Å². The normalized spacial score (nSPS) is 12.4. The van der Waals surface area contributed by atoms with Crippen molar-refractivity contribution in [2.24, 2.45) is 7.05 Å². The number of ether oxygens (including phenoxy) is 1. The average molecular weight is 260 g/mol. The number of benzene rings is 1. The maximum absolute atomic E-state index is 5.24. The number of aryl methyl sites for hydroxylation is 1. The van der Waals surface area contributed by atoms with Gasteiger partial charge in [-0.3, -0.25) is 0 Å². The highest BCUT2D eigenvalue weighted by atomic mass is 16.5. The monoisotopic (exact) mass is 260 g/mol. The summed E-state index contributed by atoms with van der Waals surface area (Å²) in [6.45, 7) is 4.76. The third kappa shape index (κ3) is 3.12. The Balaban J connectivity index is 2.01. The summed E-state index contributed by atoms with van der Waals surface area (Å²) in [5.74, 6) is 2.73. The molecule has 1 heterocycles. The molecule has 0 unspecified atom stereocenters. The molecule has 2 aromatic rings. The quantitative estimate of drug-likeness (QED) is 0.893. The molecule has 0 aliphatic heterocycles. The number of hydrogen-bond acceptors (Lipinski definition) is 4. The van der Waals surface area contributed by atoms with Gasteiger partial charge in [0.25, 0.3) is 0 Å². The first-order chi connectivity index (χ1) is 9.11. The maximum atomic E-state index is 5.24. The smallest absolute Gasteiger partial charge is 0.146 e. The fraction of sp³-hybridized carbons (Fsp3) is 0.429. The zero-order chi connectivity index (χ0) is 13.8. The van der Waals surface area contributed by atoms with Crippen molar-refractivity contribution in [2.75, 3.05) is 7.11 Å². The molecule has 0 saturated heterocycles. The lowest BCUT2D eigenvalue weighted by Gasteiger charge is -2.14. The topological polar surface area (TPSA) is 52.0 Å². The Morgan fingerprint density at radius 2 is 2.16 bits per heavy atom. The third-order valence-electron chi connectivity index (χ3n) is 3.34. The Labute approximate surface area is 113 Å². The van der Waals surface area contributed by atoms with Crippen molar-refractivity contribution in [1.29, 1.82) is 0 Å². The first-order valence-electron chi connectivity index (χ1n) is 6.34. The Morgan fingerprint density at radius 3 is 2.79 bits per heavy atom. The van der Waals surface area contributed by atoms with Crippen LogP contribution in [0.1, 0.15) is 30.2 Å². The molecule has 1 aromatic heterocycles. The van der Waals surface area contributed by atoms with Crippen LogP contribution in [-0.4, -0.2) is 21.9 Å². The van der Waals surface area contributed by atoms with Gasteiger partial charge in [-0.2, -0.15) is 0 Å². The molecule has 1 aromatic carbocycles. The van der Waals surface area contributed by atoms with Crippen molar-refractivity contribution in [1.82, 2.24) is 20.1 Å². The lowest BCUT2D eigenvalue weighted by molar-refractivity contribution is 0.413. The second-order valence-corrected chi connectivity index (χ2v) is 4.60. The lowest BCUT2D eigenvalue weighted by Crippen LogP contribution is -2.20. The molecule has 0 aliphatic rings. The predicted octanol–water partition coefficient (Wildman–Crippen LogP) is 1.98. The van der Waals surface area contributed by atoms with E-state index in [4.69, 9.17) is 4.74 Å². The molecule has 0 fully saturated rings. The van der Waals surface area contributed by atoms with Crippen LogP contribution in [0.5, 0.6) is 5.75 Å². The molecule has 0 spiro atoms. The third-order valence-corrected chi connectivity index (χ3v) is 3.34. The highest BCUT2D eigenvalue weighted by Crippen LogP contribution is 2.18. The highest BCUT2D eigenvalue weighted by Gasteiger charge is 2.09. The molecule has 19 heavy (non-hydrogen) atoms. The first-order valence-corrected chi connectivity index (χ1v) is 6.34. The SMILES string of the molecule is COc1cccc([C@H](C)NCc2nnc(C)n2C)c1. The molecule has 0 radical (unpaired) electrons. The number of methoxy groups -OCH3 is 1. The summed E-state index contributed by atoms with van der Waals surface area (Å²) in [5.41, 5.74) is 1.19. The number of hydrogen-bond donors (Lipinski definition) is 1. The molecule has 5 nitrogen and oxygen atoms in total. The average Bonchev–Trinajstić information content (AvgIpc) is 2.76. The van der Waals surface area contributed by atoms with E-state index in [1.165, 1.54) is 5.56 Å². The van der Waals surface area contributed by atoms with Crippen molar-refractivity contribution >= 4 is 0 Å². The summed E-state index contributed by atoms with van der Waals surface area (Å²) in [6.07, 6.45) is 0. The van der Waals surface area contributed by atoms with Gasteiger partial charge < -0.3 is 14.6 Å². The zero-order valence-electron chi connectivity index (χ0n) is 11.8. The number of nitrogens with one attached hydrogen (secondary N) is 1. The molecule has 0 bridgehead atoms. The zero-order valence-corrected chi connectivity index (χ0v) is 11.8. The van der Waals surface area contributed by atoms with Crippen molar-refractivity contribution in [3.63, 3.8) is 0 Å². The van der Waals surface area contributed by atoms with E-state index >= 15 is 0 Å². The van der Waals surface area contributed by atoms with Gasteiger partial charge in [-0.05, 0) is 31.5 Å². The number of aromatic nitrogens is 3. The summed E-state index contributed by atoms with van der Waals surface area (Å²) in [6, 6.07) is 8.30. The summed E-state index contributed by atoms with van der Waals surface area (Å²) in [7, 11) is 3.65. The standard InChI is InChI=1S/C14H20N4O/c1-10(12-6-5-7-13(8-12)19-4)15-9-14-17-16-11(2)18(14)3/h5-8,10,15H,9H2,1-4H3/t10-/m0/s1. The Hall–Kier alpha value is -1.88. The summed E-state index contributed by atoms with van der Waals surface area (Å²) >= 11 is 0. The van der Waals surface area contributed by atoms with Gasteiger partial charge in [-0.25, -0.2) is 0 Å². The van der Waals surface area contributed by atoms with Gasteiger partial charge in [0.2, 0.25) is 0 Å². The number of rotatable bonds is 5. The molecule has 0 saturated carbocycles. The second kappa shape index (κ2) is 5.84. The summed E-state index contributed by atoms with van der Waals surface area (Å²) < 4.78 is 7.23. The molecule has 1 atom stereocenters. The van der Waals surface area contributed by atoms with Crippen LogP contribution in [0.2, 0.25) is 0 Å². The minimum Gasteiger partial charge on any atom is -0.497 e. The van der Waals surface area contributed by atoms with Crippen LogP contribution in [0.15, 0.2) is 24.3 Å². The minimum absolute atomic E-state index is 0.229. The van der Waals surface area contributed by atoms with E-state index in [2.05, 4.69) is 28.5 Å². The highest BCUT2D eigenvalue weighted by molar-refractivity contribution is 5.30. The fourth-order valence-electron chi connectivity index (χ4n) is 1.88. The van der Waals surface area contributed by atoms with Crippen LogP contribution in [0, 0.1) is 6.92 Å². The molecule has 5 heteroatoms. The van der Waals surface area contributed by atoms with Crippen LogP contribution >= 0.6 is 0 Å². The van der Waals surface area contributed by atoms with E-state index in [0.29, 0.717) is 6.54 Å². The van der Waals surface area contributed by atoms with E-state index in [-0.39, 0.29) is 6.04 Å². The summed E-state index contributed by atoms with van der Waals surface area (Å²) in [4.78, 5) is 0. The van der Waals surface area contributed by atoms with Gasteiger partial charge in [0.05, 0.1) is 13.7 Å². The minimum atomic E-state index is 0.229. The van der Waals surface area contributed by atoms with Gasteiger partial charge in [0, 0.05) is 13.1 Å². The molecular formula is C14H20N4O. The fourth-order valence-corrected chi connectivity index (χ4v) is 1.88. The Bertz CT molecular complexity index is 550. The van der Waals surface area contributed by atoms with E-state index in [9.17, 15) is 0 Å². The largest absolute Gasteiger partial charge is 0.497 e. The van der Waals surface area contributed by atoms with Gasteiger partial charge in [0.1, 0.15) is 17.4 Å². The van der Waals surface area contributed by atoms with E-state index in [1.54, 1.807) is 7.11 Å². The van der Waals surface area contributed by atoms with Gasteiger partial charge in [0.15, 0.2) is 0 Å². The van der Waals surface area contributed by atoms with E-state index in [0.717, 1.165) is 17.4 Å². The lowest BCUT2D eigenvalue weighted by atomic mass is 10.1. The Morgan fingerprint density at radius 1 is 1.37 bits per heavy atom. The second-order valence-electron chi connectivity index (χ2n) is 4.60.